The fourth-order valence-corrected chi connectivity index (χ4v) is 3.45. The third kappa shape index (κ3) is 6.25. The molecular formula is C22H19F2N4O6P. The minimum atomic E-state index is -4.93. The largest absolute Gasteiger partial charge is 0.756 e. The van der Waals surface area contributed by atoms with E-state index in [9.17, 15) is 18.2 Å². The quantitative estimate of drug-likeness (QED) is 0.259. The number of ether oxygens (including phenoxy) is 1. The number of rotatable bonds is 9. The highest BCUT2D eigenvalue weighted by Crippen LogP contribution is 2.30. The fraction of sp³-hybridized carbons (Fsp3) is 0.136. The van der Waals surface area contributed by atoms with Crippen molar-refractivity contribution in [3.8, 4) is 17.2 Å². The lowest BCUT2D eigenvalue weighted by Gasteiger charge is -2.14. The minimum Gasteiger partial charge on any atom is -0.756 e. The fourth-order valence-electron chi connectivity index (χ4n) is 3.18. The van der Waals surface area contributed by atoms with Gasteiger partial charge in [0.1, 0.15) is 18.0 Å². The van der Waals surface area contributed by atoms with Gasteiger partial charge in [-0.15, -0.1) is 0 Å². The monoisotopic (exact) mass is 504 g/mol. The molecule has 35 heavy (non-hydrogen) atoms. The molecular weight excluding hydrogens is 485 g/mol. The third-order valence-corrected chi connectivity index (χ3v) is 5.31. The molecule has 0 aliphatic heterocycles. The average molecular weight is 504 g/mol. The predicted octanol–water partition coefficient (Wildman–Crippen LogP) is 2.49. The molecule has 1 unspecified atom stereocenters. The molecule has 0 aliphatic carbocycles. The van der Waals surface area contributed by atoms with E-state index in [0.717, 1.165) is 0 Å². The first-order valence-corrected chi connectivity index (χ1v) is 11.6. The average Bonchev–Trinajstić information content (AvgIpc) is 3.26. The maximum absolute atomic E-state index is 14.5. The summed E-state index contributed by atoms with van der Waals surface area (Å²) in [5, 5.41) is 3.95. The summed E-state index contributed by atoms with van der Waals surface area (Å²) in [5.74, 6) is -1.04. The van der Waals surface area contributed by atoms with Crippen LogP contribution in [0, 0.1) is 11.6 Å². The van der Waals surface area contributed by atoms with Crippen LogP contribution < -0.4 is 19.9 Å². The summed E-state index contributed by atoms with van der Waals surface area (Å²) in [4.78, 5) is 23.6. The van der Waals surface area contributed by atoms with Gasteiger partial charge in [-0.3, -0.25) is 14.8 Å². The zero-order valence-corrected chi connectivity index (χ0v) is 18.9. The van der Waals surface area contributed by atoms with Gasteiger partial charge in [-0.2, -0.15) is 0 Å². The van der Waals surface area contributed by atoms with Crippen molar-refractivity contribution in [3.05, 3.63) is 89.4 Å². The van der Waals surface area contributed by atoms with Crippen molar-refractivity contribution < 1.29 is 41.5 Å². The van der Waals surface area contributed by atoms with Gasteiger partial charge in [0, 0.05) is 24.2 Å². The first-order chi connectivity index (χ1) is 16.7. The van der Waals surface area contributed by atoms with Gasteiger partial charge < -0.3 is 19.0 Å². The summed E-state index contributed by atoms with van der Waals surface area (Å²) in [6.07, 6.45) is 3.04. The zero-order chi connectivity index (χ0) is 25.0. The number of nitrogens with two attached hydrogens (primary N) is 1. The van der Waals surface area contributed by atoms with Crippen molar-refractivity contribution in [2.75, 3.05) is 5.73 Å². The highest BCUT2D eigenvalue weighted by molar-refractivity contribution is 7.44. The highest BCUT2D eigenvalue weighted by Gasteiger charge is 2.19. The summed E-state index contributed by atoms with van der Waals surface area (Å²) in [6.45, 7) is -0.703. The Morgan fingerprint density at radius 2 is 1.97 bits per heavy atom. The number of hydrogen-bond donors (Lipinski definition) is 2. The van der Waals surface area contributed by atoms with Crippen LogP contribution in [-0.2, 0) is 28.8 Å². The van der Waals surface area contributed by atoms with Crippen molar-refractivity contribution in [2.45, 2.75) is 19.8 Å². The number of anilines is 1. The van der Waals surface area contributed by atoms with Crippen LogP contribution in [0.15, 0.2) is 65.4 Å². The van der Waals surface area contributed by atoms with Crippen LogP contribution >= 0.6 is 7.82 Å². The van der Waals surface area contributed by atoms with Crippen LogP contribution in [0.1, 0.15) is 16.8 Å². The van der Waals surface area contributed by atoms with Crippen molar-refractivity contribution >= 4 is 13.6 Å². The van der Waals surface area contributed by atoms with E-state index in [4.69, 9.17) is 19.9 Å². The van der Waals surface area contributed by atoms with E-state index in [2.05, 4.69) is 14.7 Å². The SMILES string of the molecule is Nc1c(-c2cc(Cc3cnc(OCc4ccccc4F)c(F)c3)no2)ccc[n+]1COP(=O)([O-])O. The predicted molar refractivity (Wildman–Crippen MR) is 115 cm³/mol. The number of nitrogens with zero attached hydrogens (tertiary/aromatic N) is 3. The molecule has 0 saturated heterocycles. The third-order valence-electron chi connectivity index (χ3n) is 4.87. The van der Waals surface area contributed by atoms with Gasteiger partial charge in [0.05, 0.1) is 11.9 Å². The van der Waals surface area contributed by atoms with Crippen LogP contribution in [-0.4, -0.2) is 15.0 Å². The van der Waals surface area contributed by atoms with Crippen molar-refractivity contribution in [2.24, 2.45) is 0 Å². The van der Waals surface area contributed by atoms with E-state index in [1.165, 1.54) is 35.2 Å². The maximum atomic E-state index is 14.5. The number of pyridine rings is 2. The Bertz CT molecular complexity index is 1390. The van der Waals surface area contributed by atoms with Gasteiger partial charge in [0.25, 0.3) is 19.5 Å². The Morgan fingerprint density at radius 3 is 2.71 bits per heavy atom. The van der Waals surface area contributed by atoms with E-state index < -0.39 is 26.2 Å². The zero-order valence-electron chi connectivity index (χ0n) is 18.0. The summed E-state index contributed by atoms with van der Waals surface area (Å²) in [6, 6.07) is 12.0. The Hall–Kier alpha value is -3.70. The molecule has 3 aromatic heterocycles. The second-order valence-electron chi connectivity index (χ2n) is 7.37. The van der Waals surface area contributed by atoms with Crippen molar-refractivity contribution in [3.63, 3.8) is 0 Å². The van der Waals surface area contributed by atoms with E-state index in [1.54, 1.807) is 30.3 Å². The molecule has 0 saturated carbocycles. The lowest BCUT2D eigenvalue weighted by atomic mass is 10.1. The first-order valence-electron chi connectivity index (χ1n) is 10.1. The summed E-state index contributed by atoms with van der Waals surface area (Å²) in [5.41, 5.74) is 7.66. The van der Waals surface area contributed by atoms with Crippen molar-refractivity contribution in [1.29, 1.82) is 0 Å². The standard InChI is InChI=1S/C22H19F2N4O6P/c23-18-6-2-1-4-15(18)12-32-22-19(24)9-14(11-26-22)8-16-10-20(34-27-16)17-5-3-7-28(21(17)25)13-33-35(29,30)31/h1-7,9-11,25H,8,12-13H2,(H2,29,30,31). The van der Waals surface area contributed by atoms with Gasteiger partial charge in [-0.1, -0.05) is 23.4 Å². The molecule has 4 aromatic rings. The topological polar surface area (TPSA) is 148 Å². The normalized spacial score (nSPS) is 12.9. The molecule has 0 spiro atoms. The molecule has 1 aromatic carbocycles. The van der Waals surface area contributed by atoms with Gasteiger partial charge >= 0.3 is 0 Å². The highest BCUT2D eigenvalue weighted by atomic mass is 31.2. The number of benzene rings is 1. The van der Waals surface area contributed by atoms with Crippen LogP contribution in [0.4, 0.5) is 14.6 Å². The molecule has 3 N–H and O–H groups in total. The second-order valence-corrected chi connectivity index (χ2v) is 8.57. The lowest BCUT2D eigenvalue weighted by molar-refractivity contribution is -0.712. The lowest BCUT2D eigenvalue weighted by Crippen LogP contribution is -2.38. The summed E-state index contributed by atoms with van der Waals surface area (Å²) < 4.78 is 55.2. The molecule has 3 heterocycles. The maximum Gasteiger partial charge on any atom is 0.285 e. The Balaban J connectivity index is 1.44. The molecule has 182 valence electrons. The van der Waals surface area contributed by atoms with E-state index in [-0.39, 0.29) is 36.0 Å². The van der Waals surface area contributed by atoms with Gasteiger partial charge in [-0.05, 0) is 29.8 Å². The molecule has 0 bridgehead atoms. The molecule has 13 heteroatoms. The summed E-state index contributed by atoms with van der Waals surface area (Å²) in [7, 11) is -4.93. The van der Waals surface area contributed by atoms with E-state index >= 15 is 0 Å². The molecule has 10 nitrogen and oxygen atoms in total. The van der Waals surface area contributed by atoms with Crippen LogP contribution in [0.25, 0.3) is 11.3 Å². The molecule has 0 fully saturated rings. The second kappa shape index (κ2) is 10.3. The molecule has 0 radical (unpaired) electrons. The number of nitrogen functional groups attached to an aromatic ring is 1. The number of hydrogen-bond acceptors (Lipinski definition) is 8. The van der Waals surface area contributed by atoms with E-state index in [0.29, 0.717) is 16.8 Å². The summed E-state index contributed by atoms with van der Waals surface area (Å²) >= 11 is 0. The van der Waals surface area contributed by atoms with Crippen LogP contribution in [0.2, 0.25) is 0 Å². The van der Waals surface area contributed by atoms with Gasteiger partial charge in [0.2, 0.25) is 0 Å². The van der Waals surface area contributed by atoms with Crippen molar-refractivity contribution in [1.82, 2.24) is 10.1 Å². The van der Waals surface area contributed by atoms with Gasteiger partial charge in [-0.25, -0.2) is 18.3 Å². The smallest absolute Gasteiger partial charge is 0.285 e. The van der Waals surface area contributed by atoms with Gasteiger partial charge in [0.15, 0.2) is 18.3 Å². The van der Waals surface area contributed by atoms with E-state index in [1.807, 2.05) is 0 Å². The molecule has 1 atom stereocenters. The minimum absolute atomic E-state index is 0.104. The Labute approximate surface area is 197 Å². The van der Waals surface area contributed by atoms with Crippen LogP contribution in [0.3, 0.4) is 0 Å². The first kappa shape index (κ1) is 24.4. The number of halogens is 2. The number of phosphoric acid groups is 1. The number of aromatic nitrogens is 3. The molecule has 0 amide bonds. The Morgan fingerprint density at radius 1 is 1.17 bits per heavy atom. The number of phosphoric ester groups is 1. The molecule has 4 rings (SSSR count). The van der Waals surface area contributed by atoms with Crippen LogP contribution in [0.5, 0.6) is 5.88 Å². The molecule has 0 aliphatic rings. The Kier molecular flexibility index (Phi) is 7.17.